The van der Waals surface area contributed by atoms with Gasteiger partial charge >= 0.3 is 0 Å². The molecule has 1 aliphatic carbocycles. The number of benzene rings is 1. The van der Waals surface area contributed by atoms with Gasteiger partial charge in [-0.25, -0.2) is 4.98 Å². The Kier molecular flexibility index (Phi) is 3.05. The normalized spacial score (nSPS) is 15.4. The fraction of sp³-hybridized carbons (Fsp3) is 0.111. The summed E-state index contributed by atoms with van der Waals surface area (Å²) in [5.74, 6) is -1.12. The van der Waals surface area contributed by atoms with Crippen LogP contribution in [0.4, 0.5) is 0 Å². The second-order valence-corrected chi connectivity index (χ2v) is 6.12. The Labute approximate surface area is 131 Å². The maximum atomic E-state index is 11.6. The molecule has 2 aromatic heterocycles. The van der Waals surface area contributed by atoms with Crippen LogP contribution < -0.4 is 5.11 Å². The lowest BCUT2D eigenvalue weighted by atomic mass is 10.0. The van der Waals surface area contributed by atoms with Crippen LogP contribution in [0.25, 0.3) is 22.6 Å². The first-order valence-electron chi connectivity index (χ1n) is 7.10. The molecular weight excluding hydrogens is 294 g/mol. The number of aromatic nitrogens is 1. The van der Waals surface area contributed by atoms with Gasteiger partial charge in [-0.2, -0.15) is 11.3 Å². The van der Waals surface area contributed by atoms with E-state index in [-0.39, 0.29) is 0 Å². The minimum absolute atomic E-state index is 0.300. The first-order chi connectivity index (χ1) is 10.7. The summed E-state index contributed by atoms with van der Waals surface area (Å²) in [4.78, 5) is 16.3. The molecule has 0 amide bonds. The van der Waals surface area contributed by atoms with Crippen molar-refractivity contribution in [2.75, 3.05) is 0 Å². The molecule has 3 nitrogen and oxygen atoms in total. The Hall–Kier alpha value is -2.46. The first-order valence-corrected chi connectivity index (χ1v) is 8.04. The molecule has 0 aliphatic heterocycles. The maximum Gasteiger partial charge on any atom is 0.0725 e. The third kappa shape index (κ3) is 2.04. The van der Waals surface area contributed by atoms with E-state index in [0.717, 1.165) is 28.8 Å². The van der Waals surface area contributed by atoms with Crippen molar-refractivity contribution in [2.24, 2.45) is 0 Å². The minimum Gasteiger partial charge on any atom is -0.545 e. The predicted molar refractivity (Wildman–Crippen MR) is 86.6 cm³/mol. The molecule has 108 valence electrons. The number of carboxylic acids is 1. The van der Waals surface area contributed by atoms with E-state index in [2.05, 4.69) is 17.5 Å². The van der Waals surface area contributed by atoms with Gasteiger partial charge in [0, 0.05) is 10.9 Å². The summed E-state index contributed by atoms with van der Waals surface area (Å²) in [7, 11) is 0. The number of thiophene rings is 1. The molecule has 3 aromatic rings. The van der Waals surface area contributed by atoms with Gasteiger partial charge in [0.15, 0.2) is 0 Å². The summed E-state index contributed by atoms with van der Waals surface area (Å²) in [6.07, 6.45) is 3.62. The zero-order chi connectivity index (χ0) is 15.1. The number of allylic oxidation sites excluding steroid dienone is 1. The largest absolute Gasteiger partial charge is 0.545 e. The van der Waals surface area contributed by atoms with Gasteiger partial charge in [-0.15, -0.1) is 0 Å². The molecule has 2 heterocycles. The lowest BCUT2D eigenvalue weighted by molar-refractivity contribution is -0.254. The van der Waals surface area contributed by atoms with Crippen molar-refractivity contribution in [3.8, 4) is 0 Å². The zero-order valence-corrected chi connectivity index (χ0v) is 12.5. The molecule has 0 unspecified atom stereocenters. The van der Waals surface area contributed by atoms with Crippen LogP contribution in [0.5, 0.6) is 0 Å². The molecule has 4 heteroatoms. The number of rotatable bonds is 2. The molecule has 0 N–H and O–H groups in total. The van der Waals surface area contributed by atoms with Crippen molar-refractivity contribution >= 4 is 39.9 Å². The molecule has 0 bridgehead atoms. The van der Waals surface area contributed by atoms with Gasteiger partial charge in [-0.3, -0.25) is 0 Å². The molecule has 4 rings (SSSR count). The monoisotopic (exact) mass is 306 g/mol. The number of fused-ring (bicyclic) bond motifs is 2. The summed E-state index contributed by atoms with van der Waals surface area (Å²) in [6, 6.07) is 9.41. The molecular formula is C18H12NO2S-. The molecule has 22 heavy (non-hydrogen) atoms. The topological polar surface area (TPSA) is 53.0 Å². The fourth-order valence-electron chi connectivity index (χ4n) is 3.07. The zero-order valence-electron chi connectivity index (χ0n) is 11.7. The van der Waals surface area contributed by atoms with E-state index >= 15 is 0 Å². The summed E-state index contributed by atoms with van der Waals surface area (Å²) in [6.45, 7) is 0. The van der Waals surface area contributed by atoms with Crippen LogP contribution in [0.1, 0.15) is 33.6 Å². The fourth-order valence-corrected chi connectivity index (χ4v) is 3.69. The Morgan fingerprint density at radius 1 is 1.23 bits per heavy atom. The molecule has 1 aliphatic rings. The van der Waals surface area contributed by atoms with Crippen LogP contribution in [-0.2, 0) is 6.42 Å². The highest BCUT2D eigenvalue weighted by molar-refractivity contribution is 7.08. The number of para-hydroxylation sites is 1. The average Bonchev–Trinajstić information content (AvgIpc) is 3.15. The van der Waals surface area contributed by atoms with Crippen molar-refractivity contribution in [3.63, 3.8) is 0 Å². The average molecular weight is 306 g/mol. The smallest absolute Gasteiger partial charge is 0.0725 e. The third-order valence-electron chi connectivity index (χ3n) is 4.03. The van der Waals surface area contributed by atoms with Gasteiger partial charge in [0.05, 0.1) is 17.2 Å². The standard InChI is InChI=1S/C18H13NO2S/c20-18(21)16-13-3-1-2-4-15(13)19-17-12(5-6-14(16)17)9-11-7-8-22-10-11/h1-4,7-10H,5-6H2,(H,20,21)/p-1/b12-9+. The summed E-state index contributed by atoms with van der Waals surface area (Å²) in [5, 5.41) is 16.4. The number of nitrogens with zero attached hydrogens (tertiary/aromatic N) is 1. The van der Waals surface area contributed by atoms with E-state index in [9.17, 15) is 9.90 Å². The maximum absolute atomic E-state index is 11.6. The van der Waals surface area contributed by atoms with E-state index in [0.29, 0.717) is 22.9 Å². The Morgan fingerprint density at radius 2 is 2.09 bits per heavy atom. The van der Waals surface area contributed by atoms with E-state index in [1.165, 1.54) is 0 Å². The van der Waals surface area contributed by atoms with Crippen LogP contribution in [0.3, 0.4) is 0 Å². The summed E-state index contributed by atoms with van der Waals surface area (Å²) < 4.78 is 0. The lowest BCUT2D eigenvalue weighted by Crippen LogP contribution is -2.24. The molecule has 0 radical (unpaired) electrons. The highest BCUT2D eigenvalue weighted by Gasteiger charge is 2.23. The van der Waals surface area contributed by atoms with E-state index in [4.69, 9.17) is 4.98 Å². The number of carboxylic acid groups (broad SMARTS) is 1. The van der Waals surface area contributed by atoms with Crippen molar-refractivity contribution in [1.82, 2.24) is 4.98 Å². The Morgan fingerprint density at radius 3 is 2.86 bits per heavy atom. The predicted octanol–water partition coefficient (Wildman–Crippen LogP) is 3.15. The second kappa shape index (κ2) is 5.07. The number of aromatic carboxylic acids is 1. The second-order valence-electron chi connectivity index (χ2n) is 5.34. The number of carbonyl (C=O) groups excluding carboxylic acids is 1. The van der Waals surface area contributed by atoms with Crippen LogP contribution in [0, 0.1) is 0 Å². The van der Waals surface area contributed by atoms with Gasteiger partial charge in [-0.05, 0) is 58.5 Å². The van der Waals surface area contributed by atoms with Gasteiger partial charge in [0.2, 0.25) is 0 Å². The Balaban J connectivity index is 1.99. The number of hydrogen-bond acceptors (Lipinski definition) is 4. The molecule has 1 aromatic carbocycles. The molecule has 0 saturated heterocycles. The number of pyridine rings is 1. The third-order valence-corrected chi connectivity index (χ3v) is 4.73. The quantitative estimate of drug-likeness (QED) is 0.731. The van der Waals surface area contributed by atoms with E-state index in [1.807, 2.05) is 23.6 Å². The molecule has 0 fully saturated rings. The van der Waals surface area contributed by atoms with Crippen molar-refractivity contribution in [3.05, 3.63) is 63.5 Å². The van der Waals surface area contributed by atoms with Crippen LogP contribution in [0.2, 0.25) is 0 Å². The van der Waals surface area contributed by atoms with Crippen molar-refractivity contribution in [1.29, 1.82) is 0 Å². The molecule has 0 atom stereocenters. The number of hydrogen-bond donors (Lipinski definition) is 0. The van der Waals surface area contributed by atoms with Crippen LogP contribution in [0.15, 0.2) is 41.1 Å². The van der Waals surface area contributed by atoms with Crippen LogP contribution >= 0.6 is 11.3 Å². The van der Waals surface area contributed by atoms with Crippen molar-refractivity contribution in [2.45, 2.75) is 12.8 Å². The molecule has 0 spiro atoms. The minimum atomic E-state index is -1.12. The van der Waals surface area contributed by atoms with Gasteiger partial charge < -0.3 is 9.90 Å². The number of carbonyl (C=O) groups is 1. The summed E-state index contributed by atoms with van der Waals surface area (Å²) >= 11 is 1.65. The SMILES string of the molecule is O=C([O-])c1c2c(nc3ccccc13)/C(=C/c1ccsc1)CC2. The van der Waals surface area contributed by atoms with Gasteiger partial charge in [0.25, 0.3) is 0 Å². The van der Waals surface area contributed by atoms with E-state index in [1.54, 1.807) is 17.4 Å². The lowest BCUT2D eigenvalue weighted by Gasteiger charge is -2.13. The Bertz CT molecular complexity index is 910. The van der Waals surface area contributed by atoms with Gasteiger partial charge in [-0.1, -0.05) is 18.2 Å². The van der Waals surface area contributed by atoms with Crippen molar-refractivity contribution < 1.29 is 9.90 Å². The first kappa shape index (κ1) is 13.2. The van der Waals surface area contributed by atoms with Crippen LogP contribution in [-0.4, -0.2) is 11.0 Å². The highest BCUT2D eigenvalue weighted by Crippen LogP contribution is 2.37. The van der Waals surface area contributed by atoms with Gasteiger partial charge in [0.1, 0.15) is 0 Å². The molecule has 0 saturated carbocycles. The van der Waals surface area contributed by atoms with E-state index < -0.39 is 5.97 Å². The highest BCUT2D eigenvalue weighted by atomic mass is 32.1. The summed E-state index contributed by atoms with van der Waals surface area (Å²) in [5.41, 5.74) is 4.86.